The molecule has 1 aliphatic heterocycles. The van der Waals surface area contributed by atoms with E-state index in [2.05, 4.69) is 51.5 Å². The van der Waals surface area contributed by atoms with E-state index < -0.39 is 0 Å². The summed E-state index contributed by atoms with van der Waals surface area (Å²) in [6.45, 7) is 8.49. The maximum atomic E-state index is 4.58. The van der Waals surface area contributed by atoms with E-state index >= 15 is 0 Å². The summed E-state index contributed by atoms with van der Waals surface area (Å²) in [4.78, 5) is 11.2. The summed E-state index contributed by atoms with van der Waals surface area (Å²) in [6.07, 6.45) is 6.94. The highest BCUT2D eigenvalue weighted by Gasteiger charge is 2.12. The fourth-order valence-electron chi connectivity index (χ4n) is 2.78. The summed E-state index contributed by atoms with van der Waals surface area (Å²) >= 11 is 0. The Kier molecular flexibility index (Phi) is 7.17. The smallest absolute Gasteiger partial charge is 0.191 e. The van der Waals surface area contributed by atoms with Crippen molar-refractivity contribution in [2.24, 2.45) is 10.9 Å². The molecule has 0 spiro atoms. The number of pyridine rings is 1. The van der Waals surface area contributed by atoms with Crippen LogP contribution in [-0.2, 0) is 6.54 Å². The number of hydrogen-bond acceptors (Lipinski definition) is 3. The van der Waals surface area contributed by atoms with Crippen LogP contribution in [0.2, 0.25) is 0 Å². The molecule has 0 amide bonds. The number of nitrogens with zero attached hydrogens (tertiary/aromatic N) is 3. The molecule has 1 aromatic rings. The van der Waals surface area contributed by atoms with Gasteiger partial charge in [0.25, 0.3) is 0 Å². The summed E-state index contributed by atoms with van der Waals surface area (Å²) in [5.74, 6) is 2.71. The molecule has 1 saturated heterocycles. The van der Waals surface area contributed by atoms with Crippen LogP contribution >= 0.6 is 0 Å². The molecular formula is C18H31N5. The van der Waals surface area contributed by atoms with E-state index in [0.29, 0.717) is 0 Å². The molecule has 2 N–H and O–H groups in total. The number of rotatable bonds is 7. The summed E-state index contributed by atoms with van der Waals surface area (Å²) in [5.41, 5.74) is 1.18. The Balaban J connectivity index is 1.73. The minimum absolute atomic E-state index is 0.747. The maximum absolute atomic E-state index is 4.58. The molecule has 1 aromatic heterocycles. The molecule has 0 bridgehead atoms. The highest BCUT2D eigenvalue weighted by molar-refractivity contribution is 5.79. The topological polar surface area (TPSA) is 52.6 Å². The number of anilines is 1. The first kappa shape index (κ1) is 17.6. The van der Waals surface area contributed by atoms with Crippen molar-refractivity contribution < 1.29 is 0 Å². The number of nitrogens with one attached hydrogen (secondary N) is 2. The number of aromatic nitrogens is 1. The average Bonchev–Trinajstić information content (AvgIpc) is 3.09. The molecule has 2 rings (SSSR count). The first-order valence-corrected chi connectivity index (χ1v) is 8.83. The molecule has 5 nitrogen and oxygen atoms in total. The van der Waals surface area contributed by atoms with Crippen molar-refractivity contribution in [2.75, 3.05) is 31.6 Å². The Hall–Kier alpha value is -1.78. The van der Waals surface area contributed by atoms with Gasteiger partial charge in [0.2, 0.25) is 0 Å². The maximum Gasteiger partial charge on any atom is 0.191 e. The molecule has 128 valence electrons. The predicted molar refractivity (Wildman–Crippen MR) is 98.0 cm³/mol. The van der Waals surface area contributed by atoms with E-state index in [9.17, 15) is 0 Å². The fraction of sp³-hybridized carbons (Fsp3) is 0.667. The highest BCUT2D eigenvalue weighted by Crippen LogP contribution is 2.17. The standard InChI is InChI=1S/C18H31N5/c1-15(2)7-6-10-20-18(19-3)22-14-16-8-9-17(21-13-16)23-11-4-5-12-23/h8-9,13,15H,4-7,10-12,14H2,1-3H3,(H2,19,20,22). The Morgan fingerprint density at radius 3 is 2.65 bits per heavy atom. The van der Waals surface area contributed by atoms with Gasteiger partial charge < -0.3 is 15.5 Å². The van der Waals surface area contributed by atoms with Crippen molar-refractivity contribution in [3.63, 3.8) is 0 Å². The molecule has 1 fully saturated rings. The quantitative estimate of drug-likeness (QED) is 0.461. The van der Waals surface area contributed by atoms with Crippen molar-refractivity contribution in [3.8, 4) is 0 Å². The zero-order chi connectivity index (χ0) is 16.5. The SMILES string of the molecule is CN=C(NCCCC(C)C)NCc1ccc(N2CCCC2)nc1. The highest BCUT2D eigenvalue weighted by atomic mass is 15.2. The van der Waals surface area contributed by atoms with E-state index in [0.717, 1.165) is 43.9 Å². The third-order valence-corrected chi connectivity index (χ3v) is 4.17. The molecule has 0 aromatic carbocycles. The number of aliphatic imine (C=N–C) groups is 1. The second-order valence-electron chi connectivity index (χ2n) is 6.61. The van der Waals surface area contributed by atoms with Crippen molar-refractivity contribution >= 4 is 11.8 Å². The first-order valence-electron chi connectivity index (χ1n) is 8.83. The van der Waals surface area contributed by atoms with Gasteiger partial charge in [-0.25, -0.2) is 4.98 Å². The predicted octanol–water partition coefficient (Wildman–Crippen LogP) is 2.78. The molecular weight excluding hydrogens is 286 g/mol. The van der Waals surface area contributed by atoms with Gasteiger partial charge in [-0.1, -0.05) is 19.9 Å². The lowest BCUT2D eigenvalue weighted by Crippen LogP contribution is -2.37. The van der Waals surface area contributed by atoms with Crippen LogP contribution in [0.15, 0.2) is 23.3 Å². The fourth-order valence-corrected chi connectivity index (χ4v) is 2.78. The minimum atomic E-state index is 0.747. The Morgan fingerprint density at radius 2 is 2.04 bits per heavy atom. The van der Waals surface area contributed by atoms with Crippen LogP contribution in [0.1, 0.15) is 45.1 Å². The second kappa shape index (κ2) is 9.38. The first-order chi connectivity index (χ1) is 11.2. The minimum Gasteiger partial charge on any atom is -0.357 e. The summed E-state index contributed by atoms with van der Waals surface area (Å²) in [5, 5.41) is 6.71. The van der Waals surface area contributed by atoms with Crippen molar-refractivity contribution in [3.05, 3.63) is 23.9 Å². The molecule has 23 heavy (non-hydrogen) atoms. The van der Waals surface area contributed by atoms with Crippen molar-refractivity contribution in [1.29, 1.82) is 0 Å². The Labute approximate surface area is 140 Å². The van der Waals surface area contributed by atoms with Crippen LogP contribution in [-0.4, -0.2) is 37.6 Å². The van der Waals surface area contributed by atoms with Gasteiger partial charge in [-0.2, -0.15) is 0 Å². The number of guanidine groups is 1. The lowest BCUT2D eigenvalue weighted by atomic mass is 10.1. The molecule has 0 saturated carbocycles. The van der Waals surface area contributed by atoms with Gasteiger partial charge in [-0.3, -0.25) is 4.99 Å². The molecule has 1 aliphatic rings. The zero-order valence-electron chi connectivity index (χ0n) is 14.8. The Bertz CT molecular complexity index is 475. The van der Waals surface area contributed by atoms with Gasteiger partial charge in [0.05, 0.1) is 0 Å². The molecule has 2 heterocycles. The third-order valence-electron chi connectivity index (χ3n) is 4.17. The van der Waals surface area contributed by atoms with E-state index in [-0.39, 0.29) is 0 Å². The Morgan fingerprint density at radius 1 is 1.26 bits per heavy atom. The van der Waals surface area contributed by atoms with Crippen molar-refractivity contribution in [1.82, 2.24) is 15.6 Å². The van der Waals surface area contributed by atoms with Crippen LogP contribution < -0.4 is 15.5 Å². The van der Waals surface area contributed by atoms with Crippen molar-refractivity contribution in [2.45, 2.75) is 46.1 Å². The van der Waals surface area contributed by atoms with Crippen LogP contribution in [0.4, 0.5) is 5.82 Å². The van der Waals surface area contributed by atoms with Gasteiger partial charge in [0.1, 0.15) is 5.82 Å². The van der Waals surface area contributed by atoms with E-state index in [4.69, 9.17) is 0 Å². The largest absolute Gasteiger partial charge is 0.357 e. The van der Waals surface area contributed by atoms with Gasteiger partial charge in [0.15, 0.2) is 5.96 Å². The lowest BCUT2D eigenvalue weighted by molar-refractivity contribution is 0.549. The molecule has 0 aliphatic carbocycles. The van der Waals surface area contributed by atoms with Gasteiger partial charge in [0, 0.05) is 39.4 Å². The summed E-state index contributed by atoms with van der Waals surface area (Å²) in [7, 11) is 1.81. The van der Waals surface area contributed by atoms with Crippen LogP contribution in [0.5, 0.6) is 0 Å². The van der Waals surface area contributed by atoms with Gasteiger partial charge in [-0.15, -0.1) is 0 Å². The van der Waals surface area contributed by atoms with E-state index in [1.54, 1.807) is 0 Å². The van der Waals surface area contributed by atoms with E-state index in [1.165, 1.54) is 31.2 Å². The number of hydrogen-bond donors (Lipinski definition) is 2. The van der Waals surface area contributed by atoms with Crippen LogP contribution in [0.3, 0.4) is 0 Å². The second-order valence-corrected chi connectivity index (χ2v) is 6.61. The summed E-state index contributed by atoms with van der Waals surface area (Å²) in [6, 6.07) is 4.28. The third kappa shape index (κ3) is 6.08. The molecule has 0 radical (unpaired) electrons. The molecule has 0 atom stereocenters. The molecule has 5 heteroatoms. The van der Waals surface area contributed by atoms with Gasteiger partial charge >= 0.3 is 0 Å². The monoisotopic (exact) mass is 317 g/mol. The van der Waals surface area contributed by atoms with Gasteiger partial charge in [-0.05, 0) is 43.2 Å². The van der Waals surface area contributed by atoms with Crippen LogP contribution in [0, 0.1) is 5.92 Å². The van der Waals surface area contributed by atoms with Crippen LogP contribution in [0.25, 0.3) is 0 Å². The normalized spacial score (nSPS) is 15.3. The average molecular weight is 317 g/mol. The zero-order valence-corrected chi connectivity index (χ0v) is 14.8. The summed E-state index contributed by atoms with van der Waals surface area (Å²) < 4.78 is 0. The molecule has 0 unspecified atom stereocenters. The van der Waals surface area contributed by atoms with E-state index in [1.807, 2.05) is 13.2 Å². The lowest BCUT2D eigenvalue weighted by Gasteiger charge is -2.16.